The lowest BCUT2D eigenvalue weighted by atomic mass is 10.1. The maximum absolute atomic E-state index is 12.1. The van der Waals surface area contributed by atoms with Crippen LogP contribution in [0.1, 0.15) is 17.3 Å². The fourth-order valence-electron chi connectivity index (χ4n) is 1.25. The summed E-state index contributed by atoms with van der Waals surface area (Å²) in [5.74, 6) is -1.19. The molecule has 0 heterocycles. The molecule has 0 amide bonds. The van der Waals surface area contributed by atoms with Gasteiger partial charge in [0.05, 0.1) is 4.92 Å². The van der Waals surface area contributed by atoms with E-state index in [1.165, 1.54) is 0 Å². The van der Waals surface area contributed by atoms with E-state index in [1.807, 2.05) is 0 Å². The predicted molar refractivity (Wildman–Crippen MR) is 62.4 cm³/mol. The van der Waals surface area contributed by atoms with Gasteiger partial charge in [-0.3, -0.25) is 14.9 Å². The zero-order chi connectivity index (χ0) is 13.2. The van der Waals surface area contributed by atoms with Crippen molar-refractivity contribution in [2.45, 2.75) is 13.5 Å². The zero-order valence-electron chi connectivity index (χ0n) is 8.45. The molecule has 0 aliphatic rings. The number of nitrogens with zero attached hydrogens (tertiary/aromatic N) is 1. The summed E-state index contributed by atoms with van der Waals surface area (Å²) in [5, 5.41) is 10.7. The number of hydrogen-bond acceptors (Lipinski definition) is 4. The number of rotatable bonds is 4. The normalized spacial score (nSPS) is 10.4. The van der Waals surface area contributed by atoms with E-state index in [0.717, 1.165) is 19.1 Å². The Hall–Kier alpha value is -1.32. The number of carbonyl (C=O) groups is 1. The number of nitro groups is 1. The summed E-state index contributed by atoms with van der Waals surface area (Å²) in [7, 11) is 0. The second-order valence-corrected chi connectivity index (χ2v) is 4.24. The molecule has 0 aromatic heterocycles. The topological polar surface area (TPSA) is 69.4 Å². The van der Waals surface area contributed by atoms with Gasteiger partial charge in [-0.05, 0) is 35.6 Å². The van der Waals surface area contributed by atoms with Crippen molar-refractivity contribution < 1.29 is 23.2 Å². The summed E-state index contributed by atoms with van der Waals surface area (Å²) < 4.78 is 28.7. The van der Waals surface area contributed by atoms with Crippen molar-refractivity contribution in [3.8, 4) is 5.75 Å². The summed E-state index contributed by atoms with van der Waals surface area (Å²) in [6, 6.07) is 2.27. The second-order valence-electron chi connectivity index (χ2n) is 2.99. The molecule has 0 spiro atoms. The average molecular weight is 357 g/mol. The van der Waals surface area contributed by atoms with E-state index in [-0.39, 0.29) is 0 Å². The van der Waals surface area contributed by atoms with Crippen molar-refractivity contribution in [1.82, 2.24) is 0 Å². The van der Waals surface area contributed by atoms with Gasteiger partial charge in [0.1, 0.15) is 11.3 Å². The van der Waals surface area contributed by atoms with Gasteiger partial charge in [0.15, 0.2) is 5.78 Å². The highest BCUT2D eigenvalue weighted by Crippen LogP contribution is 2.32. The first kappa shape index (κ1) is 13.7. The third kappa shape index (κ3) is 3.32. The molecule has 0 unspecified atom stereocenters. The Morgan fingerprint density at radius 3 is 2.53 bits per heavy atom. The van der Waals surface area contributed by atoms with Crippen LogP contribution in [0.25, 0.3) is 0 Å². The first-order valence-electron chi connectivity index (χ1n) is 4.26. The SMILES string of the molecule is CC(=O)c1c(OC(F)F)cc(I)cc1[N+](=O)[O-]. The van der Waals surface area contributed by atoms with E-state index in [9.17, 15) is 23.7 Å². The van der Waals surface area contributed by atoms with Gasteiger partial charge < -0.3 is 4.74 Å². The van der Waals surface area contributed by atoms with Gasteiger partial charge in [-0.25, -0.2) is 0 Å². The Bertz CT molecular complexity index is 478. The number of nitro benzene ring substituents is 1. The summed E-state index contributed by atoms with van der Waals surface area (Å²) in [6.07, 6.45) is 0. The summed E-state index contributed by atoms with van der Waals surface area (Å²) in [4.78, 5) is 21.2. The van der Waals surface area contributed by atoms with Crippen LogP contribution in [-0.2, 0) is 0 Å². The van der Waals surface area contributed by atoms with Crippen molar-refractivity contribution in [3.63, 3.8) is 0 Å². The van der Waals surface area contributed by atoms with Crippen LogP contribution in [0.4, 0.5) is 14.5 Å². The molecule has 0 aliphatic carbocycles. The number of Topliss-reactive ketones (excluding diaryl/α,β-unsaturated/α-hetero) is 1. The quantitative estimate of drug-likeness (QED) is 0.360. The molecule has 0 radical (unpaired) electrons. The maximum atomic E-state index is 12.1. The summed E-state index contributed by atoms with van der Waals surface area (Å²) >= 11 is 1.71. The van der Waals surface area contributed by atoms with Gasteiger partial charge in [0.25, 0.3) is 5.69 Å². The van der Waals surface area contributed by atoms with Crippen molar-refractivity contribution in [1.29, 1.82) is 0 Å². The first-order chi connectivity index (χ1) is 7.82. The predicted octanol–water partition coefficient (Wildman–Crippen LogP) is 3.00. The molecule has 0 bridgehead atoms. The van der Waals surface area contributed by atoms with E-state index in [0.29, 0.717) is 3.57 Å². The highest BCUT2D eigenvalue weighted by Gasteiger charge is 2.25. The van der Waals surface area contributed by atoms with Gasteiger partial charge in [-0.15, -0.1) is 0 Å². The lowest BCUT2D eigenvalue weighted by Crippen LogP contribution is -2.09. The molecule has 5 nitrogen and oxygen atoms in total. The molecule has 0 N–H and O–H groups in total. The molecule has 0 saturated carbocycles. The average Bonchev–Trinajstić information content (AvgIpc) is 2.14. The van der Waals surface area contributed by atoms with Gasteiger partial charge >= 0.3 is 6.61 Å². The molecule has 0 atom stereocenters. The van der Waals surface area contributed by atoms with E-state index in [1.54, 1.807) is 22.6 Å². The fraction of sp³-hybridized carbons (Fsp3) is 0.222. The lowest BCUT2D eigenvalue weighted by molar-refractivity contribution is -0.385. The smallest absolute Gasteiger partial charge is 0.387 e. The van der Waals surface area contributed by atoms with Crippen LogP contribution in [-0.4, -0.2) is 17.3 Å². The van der Waals surface area contributed by atoms with Crippen LogP contribution in [0.2, 0.25) is 0 Å². The van der Waals surface area contributed by atoms with Gasteiger partial charge in [-0.1, -0.05) is 0 Å². The Morgan fingerprint density at radius 2 is 2.12 bits per heavy atom. The van der Waals surface area contributed by atoms with Crippen LogP contribution in [0.3, 0.4) is 0 Å². The standard InChI is InChI=1S/C9H6F2INO4/c1-4(14)8-6(13(15)16)2-5(12)3-7(8)17-9(10)11/h2-3,9H,1H3. The molecule has 17 heavy (non-hydrogen) atoms. The van der Waals surface area contributed by atoms with Crippen LogP contribution >= 0.6 is 22.6 Å². The number of carbonyl (C=O) groups excluding carboxylic acids is 1. The number of hydrogen-bond donors (Lipinski definition) is 0. The van der Waals surface area contributed by atoms with E-state index < -0.39 is 34.3 Å². The minimum absolute atomic E-state index is 0.329. The van der Waals surface area contributed by atoms with Gasteiger partial charge in [-0.2, -0.15) is 8.78 Å². The van der Waals surface area contributed by atoms with E-state index in [4.69, 9.17) is 0 Å². The molecule has 0 fully saturated rings. The van der Waals surface area contributed by atoms with Crippen LogP contribution in [0, 0.1) is 13.7 Å². The Kier molecular flexibility index (Phi) is 4.32. The molecule has 1 aromatic carbocycles. The van der Waals surface area contributed by atoms with E-state index in [2.05, 4.69) is 4.74 Å². The fourth-order valence-corrected chi connectivity index (χ4v) is 1.83. The summed E-state index contributed by atoms with van der Waals surface area (Å²) in [5.41, 5.74) is -0.990. The molecular weight excluding hydrogens is 351 g/mol. The van der Waals surface area contributed by atoms with Crippen molar-refractivity contribution >= 4 is 34.1 Å². The third-order valence-electron chi connectivity index (χ3n) is 1.81. The minimum atomic E-state index is -3.15. The van der Waals surface area contributed by atoms with Gasteiger partial charge in [0.2, 0.25) is 0 Å². The maximum Gasteiger partial charge on any atom is 0.387 e. The highest BCUT2D eigenvalue weighted by atomic mass is 127. The van der Waals surface area contributed by atoms with E-state index >= 15 is 0 Å². The number of halogens is 3. The molecule has 1 rings (SSSR count). The lowest BCUT2D eigenvalue weighted by Gasteiger charge is -2.09. The first-order valence-corrected chi connectivity index (χ1v) is 5.34. The van der Waals surface area contributed by atoms with Crippen molar-refractivity contribution in [3.05, 3.63) is 31.4 Å². The van der Waals surface area contributed by atoms with Crippen molar-refractivity contribution in [2.75, 3.05) is 0 Å². The Balaban J connectivity index is 3.46. The van der Waals surface area contributed by atoms with Gasteiger partial charge in [0, 0.05) is 9.64 Å². The summed E-state index contributed by atoms with van der Waals surface area (Å²) in [6.45, 7) is -2.10. The number of alkyl halides is 2. The molecule has 8 heteroatoms. The van der Waals surface area contributed by atoms with Crippen LogP contribution in [0.5, 0.6) is 5.75 Å². The number of ether oxygens (including phenoxy) is 1. The monoisotopic (exact) mass is 357 g/mol. The molecule has 0 aliphatic heterocycles. The van der Waals surface area contributed by atoms with Crippen LogP contribution in [0.15, 0.2) is 12.1 Å². The molecular formula is C9H6F2INO4. The molecule has 1 aromatic rings. The zero-order valence-corrected chi connectivity index (χ0v) is 10.6. The Labute approximate surface area is 108 Å². The third-order valence-corrected chi connectivity index (χ3v) is 2.43. The van der Waals surface area contributed by atoms with Crippen molar-refractivity contribution in [2.24, 2.45) is 0 Å². The van der Waals surface area contributed by atoms with Crippen LogP contribution < -0.4 is 4.74 Å². The highest BCUT2D eigenvalue weighted by molar-refractivity contribution is 14.1. The molecule has 0 saturated heterocycles. The number of ketones is 1. The Morgan fingerprint density at radius 1 is 1.53 bits per heavy atom. The number of benzene rings is 1. The minimum Gasteiger partial charge on any atom is -0.434 e. The second kappa shape index (κ2) is 5.34. The molecule has 92 valence electrons. The largest absolute Gasteiger partial charge is 0.434 e.